The molecule has 2 aromatic rings. The summed E-state index contributed by atoms with van der Waals surface area (Å²) >= 11 is 3.36. The number of amides is 4. The zero-order valence-electron chi connectivity index (χ0n) is 19.5. The molecule has 0 unspecified atom stereocenters. The van der Waals surface area contributed by atoms with Crippen molar-refractivity contribution in [2.45, 2.75) is 58.5 Å². The minimum absolute atomic E-state index is 0.0323. The molecule has 1 atom stereocenters. The average molecular weight is 510 g/mol. The van der Waals surface area contributed by atoms with Gasteiger partial charge in [0.2, 0.25) is 0 Å². The fourth-order valence-corrected chi connectivity index (χ4v) is 5.60. The Morgan fingerprint density at radius 1 is 1.12 bits per heavy atom. The number of imide groups is 2. The number of hydrogen-bond acceptors (Lipinski definition) is 4. The summed E-state index contributed by atoms with van der Waals surface area (Å²) < 4.78 is 0.726. The van der Waals surface area contributed by atoms with Crippen LogP contribution in [0.2, 0.25) is 0 Å². The van der Waals surface area contributed by atoms with Crippen LogP contribution in [0.25, 0.3) is 6.08 Å². The molecule has 2 aliphatic rings. The first-order valence-electron chi connectivity index (χ1n) is 11.1. The molecule has 4 amide bonds. The zero-order valence-corrected chi connectivity index (χ0v) is 21.1. The SMILES string of the molecule is CC(C)N1c2ccc(/C=C3\C(=O)NC(=O)N(c4cccc(Br)c4)C3=O)cc2[C@@H](C)CC1(C)C. The van der Waals surface area contributed by atoms with Gasteiger partial charge in [-0.05, 0) is 87.6 Å². The first kappa shape index (κ1) is 23.2. The van der Waals surface area contributed by atoms with Crippen LogP contribution in [0, 0.1) is 0 Å². The number of halogens is 1. The highest BCUT2D eigenvalue weighted by Gasteiger charge is 2.39. The smallest absolute Gasteiger partial charge is 0.335 e. The molecule has 1 N–H and O–H groups in total. The highest BCUT2D eigenvalue weighted by atomic mass is 79.9. The van der Waals surface area contributed by atoms with E-state index in [4.69, 9.17) is 0 Å². The molecular formula is C26H28BrN3O3. The van der Waals surface area contributed by atoms with E-state index >= 15 is 0 Å². The van der Waals surface area contributed by atoms with Crippen molar-refractivity contribution in [1.82, 2.24) is 5.32 Å². The van der Waals surface area contributed by atoms with Gasteiger partial charge in [-0.2, -0.15) is 0 Å². The van der Waals surface area contributed by atoms with Crippen LogP contribution in [0.5, 0.6) is 0 Å². The summed E-state index contributed by atoms with van der Waals surface area (Å²) in [6.45, 7) is 11.1. The molecule has 2 aliphatic heterocycles. The Kier molecular flexibility index (Phi) is 5.95. The third-order valence-corrected chi connectivity index (χ3v) is 6.79. The number of hydrogen-bond donors (Lipinski definition) is 1. The fourth-order valence-electron chi connectivity index (χ4n) is 5.21. The molecule has 0 saturated carbocycles. The molecule has 1 fully saturated rings. The van der Waals surface area contributed by atoms with Gasteiger partial charge >= 0.3 is 6.03 Å². The Morgan fingerprint density at radius 3 is 2.52 bits per heavy atom. The summed E-state index contributed by atoms with van der Waals surface area (Å²) in [5, 5.41) is 2.29. The van der Waals surface area contributed by atoms with Crippen molar-refractivity contribution < 1.29 is 14.4 Å². The predicted octanol–water partition coefficient (Wildman–Crippen LogP) is 5.62. The standard InChI is InChI=1S/C26H28BrN3O3/c1-15(2)30-22-10-9-17(11-20(22)16(3)14-26(30,4)5)12-21-23(31)28-25(33)29(24(21)32)19-8-6-7-18(27)13-19/h6-13,15-16H,14H2,1-5H3,(H,28,31,33)/b21-12+/t16-/m0/s1. The molecule has 2 heterocycles. The fraction of sp³-hybridized carbons (Fsp3) is 0.346. The van der Waals surface area contributed by atoms with E-state index in [0.29, 0.717) is 17.6 Å². The maximum absolute atomic E-state index is 13.2. The highest BCUT2D eigenvalue weighted by molar-refractivity contribution is 9.10. The van der Waals surface area contributed by atoms with Crippen LogP contribution < -0.4 is 15.1 Å². The van der Waals surface area contributed by atoms with E-state index in [1.807, 2.05) is 6.07 Å². The largest absolute Gasteiger partial charge is 0.364 e. The second kappa shape index (κ2) is 8.45. The Balaban J connectivity index is 1.74. The molecular weight excluding hydrogens is 482 g/mol. The summed E-state index contributed by atoms with van der Waals surface area (Å²) in [5.41, 5.74) is 3.48. The maximum Gasteiger partial charge on any atom is 0.335 e. The molecule has 0 bridgehead atoms. The van der Waals surface area contributed by atoms with Crippen molar-refractivity contribution in [3.05, 3.63) is 63.6 Å². The lowest BCUT2D eigenvalue weighted by molar-refractivity contribution is -0.122. The second-order valence-electron chi connectivity index (χ2n) is 9.64. The number of carbonyl (C=O) groups excluding carboxylic acids is 3. The maximum atomic E-state index is 13.2. The van der Waals surface area contributed by atoms with E-state index < -0.39 is 17.8 Å². The molecule has 2 aromatic carbocycles. The Bertz CT molecular complexity index is 1190. The normalized spacial score (nSPS) is 21.5. The van der Waals surface area contributed by atoms with E-state index in [1.54, 1.807) is 30.3 Å². The highest BCUT2D eigenvalue weighted by Crippen LogP contribution is 2.44. The Morgan fingerprint density at radius 2 is 1.85 bits per heavy atom. The molecule has 7 heteroatoms. The Hall–Kier alpha value is -2.93. The van der Waals surface area contributed by atoms with E-state index in [1.165, 1.54) is 11.3 Å². The predicted molar refractivity (Wildman–Crippen MR) is 134 cm³/mol. The lowest BCUT2D eigenvalue weighted by Crippen LogP contribution is -2.54. The van der Waals surface area contributed by atoms with Crippen LogP contribution >= 0.6 is 15.9 Å². The summed E-state index contributed by atoms with van der Waals surface area (Å²) in [6.07, 6.45) is 2.57. The molecule has 0 aliphatic carbocycles. The number of benzene rings is 2. The number of carbonyl (C=O) groups is 3. The van der Waals surface area contributed by atoms with Crippen LogP contribution in [-0.2, 0) is 9.59 Å². The lowest BCUT2D eigenvalue weighted by atomic mass is 9.78. The molecule has 33 heavy (non-hydrogen) atoms. The molecule has 0 radical (unpaired) electrons. The van der Waals surface area contributed by atoms with Crippen LogP contribution in [-0.4, -0.2) is 29.4 Å². The molecule has 172 valence electrons. The van der Waals surface area contributed by atoms with E-state index in [-0.39, 0.29) is 11.1 Å². The van der Waals surface area contributed by atoms with Crippen LogP contribution in [0.3, 0.4) is 0 Å². The number of anilines is 2. The first-order valence-corrected chi connectivity index (χ1v) is 11.9. The van der Waals surface area contributed by atoms with Gasteiger partial charge < -0.3 is 4.90 Å². The van der Waals surface area contributed by atoms with Crippen molar-refractivity contribution in [1.29, 1.82) is 0 Å². The molecule has 6 nitrogen and oxygen atoms in total. The topological polar surface area (TPSA) is 69.7 Å². The van der Waals surface area contributed by atoms with Gasteiger partial charge in [0, 0.05) is 21.7 Å². The van der Waals surface area contributed by atoms with Gasteiger partial charge in [0.25, 0.3) is 11.8 Å². The number of nitrogens with one attached hydrogen (secondary N) is 1. The van der Waals surface area contributed by atoms with Gasteiger partial charge in [0.05, 0.1) is 5.69 Å². The number of barbiturate groups is 1. The van der Waals surface area contributed by atoms with Crippen molar-refractivity contribution >= 4 is 51.2 Å². The van der Waals surface area contributed by atoms with E-state index in [0.717, 1.165) is 21.4 Å². The summed E-state index contributed by atoms with van der Waals surface area (Å²) in [5.74, 6) is -0.997. The van der Waals surface area contributed by atoms with Crippen LogP contribution in [0.1, 0.15) is 58.1 Å². The third kappa shape index (κ3) is 4.22. The van der Waals surface area contributed by atoms with Crippen LogP contribution in [0.4, 0.5) is 16.2 Å². The van der Waals surface area contributed by atoms with Crippen molar-refractivity contribution in [3.63, 3.8) is 0 Å². The number of urea groups is 1. The first-order chi connectivity index (χ1) is 15.5. The van der Waals surface area contributed by atoms with E-state index in [2.05, 4.69) is 72.9 Å². The quantitative estimate of drug-likeness (QED) is 0.430. The van der Waals surface area contributed by atoms with Gasteiger partial charge in [-0.1, -0.05) is 35.0 Å². The van der Waals surface area contributed by atoms with Gasteiger partial charge in [-0.25, -0.2) is 9.69 Å². The second-order valence-corrected chi connectivity index (χ2v) is 10.6. The number of nitrogens with zero attached hydrogens (tertiary/aromatic N) is 2. The number of rotatable bonds is 3. The number of fused-ring (bicyclic) bond motifs is 1. The third-order valence-electron chi connectivity index (χ3n) is 6.30. The average Bonchev–Trinajstić information content (AvgIpc) is 2.70. The van der Waals surface area contributed by atoms with Gasteiger partial charge in [0.1, 0.15) is 5.57 Å². The van der Waals surface area contributed by atoms with Gasteiger partial charge in [0.15, 0.2) is 0 Å². The van der Waals surface area contributed by atoms with E-state index in [9.17, 15) is 14.4 Å². The molecule has 0 spiro atoms. The summed E-state index contributed by atoms with van der Waals surface area (Å²) in [6, 6.07) is 12.5. The minimum Gasteiger partial charge on any atom is -0.364 e. The monoisotopic (exact) mass is 509 g/mol. The minimum atomic E-state index is -0.755. The zero-order chi connectivity index (χ0) is 24.1. The summed E-state index contributed by atoms with van der Waals surface area (Å²) in [4.78, 5) is 41.6. The summed E-state index contributed by atoms with van der Waals surface area (Å²) in [7, 11) is 0. The van der Waals surface area contributed by atoms with Crippen molar-refractivity contribution in [2.75, 3.05) is 9.80 Å². The lowest BCUT2D eigenvalue weighted by Gasteiger charge is -2.50. The van der Waals surface area contributed by atoms with Gasteiger partial charge in [-0.15, -0.1) is 0 Å². The molecule has 0 aromatic heterocycles. The van der Waals surface area contributed by atoms with Crippen molar-refractivity contribution in [2.24, 2.45) is 0 Å². The van der Waals surface area contributed by atoms with Gasteiger partial charge in [-0.3, -0.25) is 14.9 Å². The Labute approximate surface area is 202 Å². The molecule has 1 saturated heterocycles. The van der Waals surface area contributed by atoms with Crippen molar-refractivity contribution in [3.8, 4) is 0 Å². The molecule has 4 rings (SSSR count). The van der Waals surface area contributed by atoms with Crippen LogP contribution in [0.15, 0.2) is 52.5 Å².